The second kappa shape index (κ2) is 8.20. The summed E-state index contributed by atoms with van der Waals surface area (Å²) in [6.07, 6.45) is 3.52. The molecule has 1 fully saturated rings. The van der Waals surface area contributed by atoms with Crippen LogP contribution in [0.1, 0.15) is 26.5 Å². The number of rotatable bonds is 4. The Morgan fingerprint density at radius 3 is 2.48 bits per heavy atom. The molecule has 0 saturated carbocycles. The molecule has 1 saturated heterocycles. The maximum Gasteiger partial charge on any atom is 0.225 e. The van der Waals surface area contributed by atoms with E-state index < -0.39 is 0 Å². The van der Waals surface area contributed by atoms with Crippen molar-refractivity contribution in [3.05, 3.63) is 42.4 Å². The molecular formula is C19H27N7O. The quantitative estimate of drug-likeness (QED) is 0.647. The number of hydrogen-bond donors (Lipinski definition) is 1. The molecule has 1 aliphatic heterocycles. The molecular weight excluding hydrogens is 342 g/mol. The first-order chi connectivity index (χ1) is 12.9. The molecule has 8 heteroatoms. The molecule has 0 atom stereocenters. The Bertz CT molecular complexity index is 765. The minimum atomic E-state index is -0.282. The number of ether oxygens (including phenoxy) is 1. The minimum absolute atomic E-state index is 0.282. The van der Waals surface area contributed by atoms with Crippen molar-refractivity contribution >= 4 is 11.9 Å². The topological polar surface area (TPSA) is 92.8 Å². The fraction of sp³-hybridized carbons (Fsp3) is 0.474. The van der Waals surface area contributed by atoms with Gasteiger partial charge in [0.2, 0.25) is 11.8 Å². The Morgan fingerprint density at radius 1 is 1.11 bits per heavy atom. The van der Waals surface area contributed by atoms with Crippen LogP contribution in [0.3, 0.4) is 0 Å². The van der Waals surface area contributed by atoms with E-state index in [4.69, 9.17) is 10.5 Å². The highest BCUT2D eigenvalue weighted by Crippen LogP contribution is 2.16. The van der Waals surface area contributed by atoms with Gasteiger partial charge in [-0.3, -0.25) is 0 Å². The molecule has 144 valence electrons. The van der Waals surface area contributed by atoms with Gasteiger partial charge in [0.15, 0.2) is 5.96 Å². The maximum atomic E-state index is 6.19. The zero-order valence-corrected chi connectivity index (χ0v) is 16.2. The van der Waals surface area contributed by atoms with E-state index in [1.165, 1.54) is 0 Å². The van der Waals surface area contributed by atoms with Gasteiger partial charge in [0.25, 0.3) is 0 Å². The highest BCUT2D eigenvalue weighted by atomic mass is 16.5. The number of hydrogen-bond acceptors (Lipinski definition) is 6. The molecule has 0 unspecified atom stereocenters. The van der Waals surface area contributed by atoms with Crippen molar-refractivity contribution in [2.75, 3.05) is 31.1 Å². The predicted octanol–water partition coefficient (Wildman–Crippen LogP) is 1.69. The molecule has 8 nitrogen and oxygen atoms in total. The summed E-state index contributed by atoms with van der Waals surface area (Å²) in [5.41, 5.74) is 6.74. The SMILES string of the molecule is CC(C)(C)Oc1cccc(CN=C(N)N2CCN(c3ncccn3)CC2)n1. The van der Waals surface area contributed by atoms with Gasteiger partial charge in [0.1, 0.15) is 5.60 Å². The van der Waals surface area contributed by atoms with Gasteiger partial charge < -0.3 is 20.3 Å². The second-order valence-corrected chi connectivity index (χ2v) is 7.38. The van der Waals surface area contributed by atoms with E-state index in [-0.39, 0.29) is 5.60 Å². The summed E-state index contributed by atoms with van der Waals surface area (Å²) in [5.74, 6) is 1.89. The van der Waals surface area contributed by atoms with Crippen LogP contribution in [0.15, 0.2) is 41.7 Å². The largest absolute Gasteiger partial charge is 0.472 e. The third-order valence-electron chi connectivity index (χ3n) is 4.03. The van der Waals surface area contributed by atoms with E-state index >= 15 is 0 Å². The first-order valence-corrected chi connectivity index (χ1v) is 9.12. The van der Waals surface area contributed by atoms with Crippen molar-refractivity contribution in [1.82, 2.24) is 19.9 Å². The van der Waals surface area contributed by atoms with Crippen LogP contribution >= 0.6 is 0 Å². The number of aliphatic imine (C=N–C) groups is 1. The third kappa shape index (κ3) is 5.54. The van der Waals surface area contributed by atoms with Crippen LogP contribution in [0, 0.1) is 0 Å². The lowest BCUT2D eigenvalue weighted by atomic mass is 10.2. The molecule has 0 radical (unpaired) electrons. The number of pyridine rings is 1. The van der Waals surface area contributed by atoms with E-state index in [2.05, 4.69) is 29.7 Å². The smallest absolute Gasteiger partial charge is 0.225 e. The fourth-order valence-corrected chi connectivity index (χ4v) is 2.77. The van der Waals surface area contributed by atoms with Crippen LogP contribution in [-0.4, -0.2) is 57.6 Å². The van der Waals surface area contributed by atoms with E-state index in [0.29, 0.717) is 18.4 Å². The Kier molecular flexibility index (Phi) is 5.73. The Balaban J connectivity index is 1.55. The van der Waals surface area contributed by atoms with Crippen LogP contribution in [0.5, 0.6) is 5.88 Å². The molecule has 3 heterocycles. The lowest BCUT2D eigenvalue weighted by molar-refractivity contribution is 0.124. The number of nitrogens with two attached hydrogens (primary N) is 1. The normalized spacial score (nSPS) is 15.7. The van der Waals surface area contributed by atoms with E-state index in [9.17, 15) is 0 Å². The van der Waals surface area contributed by atoms with E-state index in [0.717, 1.165) is 37.8 Å². The summed E-state index contributed by atoms with van der Waals surface area (Å²) in [7, 11) is 0. The first kappa shape index (κ1) is 18.9. The zero-order valence-electron chi connectivity index (χ0n) is 16.2. The van der Waals surface area contributed by atoms with Gasteiger partial charge in [-0.15, -0.1) is 0 Å². The Morgan fingerprint density at radius 2 is 1.81 bits per heavy atom. The molecule has 0 spiro atoms. The third-order valence-corrected chi connectivity index (χ3v) is 4.03. The van der Waals surface area contributed by atoms with Gasteiger partial charge in [-0.1, -0.05) is 6.07 Å². The number of anilines is 1. The predicted molar refractivity (Wildman–Crippen MR) is 106 cm³/mol. The molecule has 27 heavy (non-hydrogen) atoms. The number of piperazine rings is 1. The Labute approximate surface area is 160 Å². The molecule has 0 aliphatic carbocycles. The number of nitrogens with zero attached hydrogens (tertiary/aromatic N) is 6. The average Bonchev–Trinajstić information content (AvgIpc) is 2.66. The van der Waals surface area contributed by atoms with Crippen LogP contribution in [-0.2, 0) is 6.54 Å². The molecule has 0 aromatic carbocycles. The van der Waals surface area contributed by atoms with Crippen molar-refractivity contribution in [3.63, 3.8) is 0 Å². The van der Waals surface area contributed by atoms with Crippen LogP contribution in [0.2, 0.25) is 0 Å². The van der Waals surface area contributed by atoms with Crippen molar-refractivity contribution < 1.29 is 4.74 Å². The van der Waals surface area contributed by atoms with Crippen molar-refractivity contribution in [2.45, 2.75) is 32.9 Å². The summed E-state index contributed by atoms with van der Waals surface area (Å²) in [5, 5.41) is 0. The monoisotopic (exact) mass is 369 g/mol. The van der Waals surface area contributed by atoms with Crippen LogP contribution < -0.4 is 15.4 Å². The van der Waals surface area contributed by atoms with Crippen molar-refractivity contribution in [2.24, 2.45) is 10.7 Å². The molecule has 2 aromatic heterocycles. The van der Waals surface area contributed by atoms with Gasteiger partial charge in [0.05, 0.1) is 12.2 Å². The molecule has 2 N–H and O–H groups in total. The van der Waals surface area contributed by atoms with Crippen LogP contribution in [0.4, 0.5) is 5.95 Å². The Hall–Kier alpha value is -2.90. The summed E-state index contributed by atoms with van der Waals surface area (Å²) in [6, 6.07) is 7.53. The number of guanidine groups is 1. The minimum Gasteiger partial charge on any atom is -0.472 e. The molecule has 3 rings (SSSR count). The zero-order chi connectivity index (χ0) is 19.3. The summed E-state index contributed by atoms with van der Waals surface area (Å²) >= 11 is 0. The van der Waals surface area contributed by atoms with E-state index in [1.807, 2.05) is 45.0 Å². The molecule has 1 aliphatic rings. The van der Waals surface area contributed by atoms with Gasteiger partial charge in [-0.25, -0.2) is 19.9 Å². The lowest BCUT2D eigenvalue weighted by Gasteiger charge is -2.35. The maximum absolute atomic E-state index is 6.19. The summed E-state index contributed by atoms with van der Waals surface area (Å²) in [6.45, 7) is 9.62. The van der Waals surface area contributed by atoms with Gasteiger partial charge >= 0.3 is 0 Å². The second-order valence-electron chi connectivity index (χ2n) is 7.38. The highest BCUT2D eigenvalue weighted by molar-refractivity contribution is 5.78. The standard InChI is InChI=1S/C19H27N7O/c1-19(2,3)27-16-7-4-6-15(24-16)14-23-17(20)25-10-12-26(13-11-25)18-21-8-5-9-22-18/h4-9H,10-14H2,1-3H3,(H2,20,23). The number of aromatic nitrogens is 3. The van der Waals surface area contributed by atoms with Crippen molar-refractivity contribution in [1.29, 1.82) is 0 Å². The van der Waals surface area contributed by atoms with Crippen LogP contribution in [0.25, 0.3) is 0 Å². The fourth-order valence-electron chi connectivity index (χ4n) is 2.77. The van der Waals surface area contributed by atoms with Gasteiger partial charge in [0, 0.05) is 44.6 Å². The average molecular weight is 369 g/mol. The molecule has 0 amide bonds. The van der Waals surface area contributed by atoms with Gasteiger partial charge in [-0.05, 0) is 32.9 Å². The highest BCUT2D eigenvalue weighted by Gasteiger charge is 2.20. The lowest BCUT2D eigenvalue weighted by Crippen LogP contribution is -2.51. The molecule has 0 bridgehead atoms. The van der Waals surface area contributed by atoms with Gasteiger partial charge in [-0.2, -0.15) is 0 Å². The van der Waals surface area contributed by atoms with E-state index in [1.54, 1.807) is 12.4 Å². The first-order valence-electron chi connectivity index (χ1n) is 9.12. The molecule has 2 aromatic rings. The summed E-state index contributed by atoms with van der Waals surface area (Å²) < 4.78 is 5.80. The van der Waals surface area contributed by atoms with Crippen molar-refractivity contribution in [3.8, 4) is 5.88 Å². The summed E-state index contributed by atoms with van der Waals surface area (Å²) in [4.78, 5) is 21.8.